The molecular weight excluding hydrogens is 522 g/mol. The van der Waals surface area contributed by atoms with Crippen molar-refractivity contribution < 1.29 is 13.9 Å². The van der Waals surface area contributed by atoms with Crippen LogP contribution in [-0.4, -0.2) is 51.3 Å². The van der Waals surface area contributed by atoms with Gasteiger partial charge in [-0.05, 0) is 50.3 Å². The predicted octanol–water partition coefficient (Wildman–Crippen LogP) is 3.85. The number of rotatable bonds is 8. The molecule has 1 aliphatic heterocycles. The molecule has 0 amide bonds. The molecule has 2 aromatic carbocycles. The summed E-state index contributed by atoms with van der Waals surface area (Å²) in [6.45, 7) is 5.14. The zero-order chi connectivity index (χ0) is 22.2. The highest BCUT2D eigenvalue weighted by atomic mass is 127. The van der Waals surface area contributed by atoms with Crippen molar-refractivity contribution in [3.8, 4) is 5.75 Å². The van der Waals surface area contributed by atoms with E-state index in [0.29, 0.717) is 37.8 Å². The molecule has 176 valence electrons. The van der Waals surface area contributed by atoms with E-state index in [2.05, 4.69) is 40.7 Å². The molecule has 1 unspecified atom stereocenters. The lowest BCUT2D eigenvalue weighted by Crippen LogP contribution is -2.36. The molecule has 1 heterocycles. The van der Waals surface area contributed by atoms with Crippen LogP contribution in [0.4, 0.5) is 4.39 Å². The maximum absolute atomic E-state index is 14.0. The van der Waals surface area contributed by atoms with Crippen LogP contribution in [0, 0.1) is 12.7 Å². The lowest BCUT2D eigenvalue weighted by atomic mass is 10.1. The van der Waals surface area contributed by atoms with Crippen LogP contribution in [0.15, 0.2) is 41.4 Å². The molecule has 0 radical (unpaired) electrons. The third-order valence-corrected chi connectivity index (χ3v) is 5.13. The zero-order valence-electron chi connectivity index (χ0n) is 19.3. The number of aliphatic imine (C=N–C) groups is 1. The van der Waals surface area contributed by atoms with E-state index in [0.717, 1.165) is 35.5 Å². The Bertz CT molecular complexity index is 902. The van der Waals surface area contributed by atoms with E-state index in [1.807, 2.05) is 25.1 Å². The van der Waals surface area contributed by atoms with Gasteiger partial charge in [0.1, 0.15) is 17.7 Å². The van der Waals surface area contributed by atoms with Crippen LogP contribution in [0.2, 0.25) is 0 Å². The summed E-state index contributed by atoms with van der Waals surface area (Å²) in [4.78, 5) is 6.26. The second kappa shape index (κ2) is 13.0. The molecule has 0 saturated carbocycles. The van der Waals surface area contributed by atoms with Crippen LogP contribution in [0.25, 0.3) is 0 Å². The predicted molar refractivity (Wildman–Crippen MR) is 137 cm³/mol. The normalized spacial score (nSPS) is 16.1. The smallest absolute Gasteiger partial charge is 0.191 e. The highest BCUT2D eigenvalue weighted by Crippen LogP contribution is 2.23. The molecule has 0 aromatic heterocycles. The van der Waals surface area contributed by atoms with Gasteiger partial charge in [0, 0.05) is 44.2 Å². The van der Waals surface area contributed by atoms with E-state index in [-0.39, 0.29) is 35.9 Å². The lowest BCUT2D eigenvalue weighted by Gasteiger charge is -2.18. The van der Waals surface area contributed by atoms with E-state index in [1.54, 1.807) is 13.1 Å². The Morgan fingerprint density at radius 2 is 1.94 bits per heavy atom. The highest BCUT2D eigenvalue weighted by Gasteiger charge is 2.18. The maximum atomic E-state index is 14.0. The van der Waals surface area contributed by atoms with Gasteiger partial charge in [-0.25, -0.2) is 4.39 Å². The minimum absolute atomic E-state index is 0. The summed E-state index contributed by atoms with van der Waals surface area (Å²) in [7, 11) is 5.59. The van der Waals surface area contributed by atoms with Crippen LogP contribution in [0.3, 0.4) is 0 Å². The van der Waals surface area contributed by atoms with Crippen molar-refractivity contribution in [2.45, 2.75) is 39.1 Å². The Hall–Kier alpha value is -1.91. The van der Waals surface area contributed by atoms with Gasteiger partial charge in [-0.3, -0.25) is 4.99 Å². The van der Waals surface area contributed by atoms with Gasteiger partial charge >= 0.3 is 0 Å². The molecule has 1 atom stereocenters. The monoisotopic (exact) mass is 556 g/mol. The third kappa shape index (κ3) is 7.90. The molecule has 3 rings (SSSR count). The first-order valence-electron chi connectivity index (χ1n) is 10.6. The van der Waals surface area contributed by atoms with Crippen molar-refractivity contribution in [1.29, 1.82) is 0 Å². The minimum Gasteiger partial charge on any atom is -0.488 e. The van der Waals surface area contributed by atoms with Gasteiger partial charge in [-0.1, -0.05) is 18.2 Å². The second-order valence-electron chi connectivity index (χ2n) is 8.16. The molecule has 2 N–H and O–H groups in total. The highest BCUT2D eigenvalue weighted by molar-refractivity contribution is 14.0. The number of benzene rings is 2. The molecular formula is C24H34FIN4O2. The van der Waals surface area contributed by atoms with E-state index >= 15 is 0 Å². The van der Waals surface area contributed by atoms with Gasteiger partial charge in [-0.15, -0.1) is 24.0 Å². The van der Waals surface area contributed by atoms with Crippen LogP contribution in [0.5, 0.6) is 5.75 Å². The summed E-state index contributed by atoms with van der Waals surface area (Å²) in [5.41, 5.74) is 3.91. The number of nitrogens with zero attached hydrogens (tertiary/aromatic N) is 2. The summed E-state index contributed by atoms with van der Waals surface area (Å²) < 4.78 is 25.6. The Morgan fingerprint density at radius 3 is 2.62 bits per heavy atom. The molecule has 0 bridgehead atoms. The van der Waals surface area contributed by atoms with Gasteiger partial charge in [0.05, 0.1) is 13.2 Å². The molecule has 1 aliphatic rings. The van der Waals surface area contributed by atoms with Gasteiger partial charge in [0.2, 0.25) is 0 Å². The fraction of sp³-hybridized carbons (Fsp3) is 0.458. The summed E-state index contributed by atoms with van der Waals surface area (Å²) in [6, 6.07) is 11.4. The third-order valence-electron chi connectivity index (χ3n) is 5.13. The van der Waals surface area contributed by atoms with Crippen molar-refractivity contribution in [1.82, 2.24) is 15.5 Å². The van der Waals surface area contributed by atoms with Gasteiger partial charge in [-0.2, -0.15) is 0 Å². The van der Waals surface area contributed by atoms with E-state index in [9.17, 15) is 4.39 Å². The molecule has 1 saturated heterocycles. The quantitative estimate of drug-likeness (QED) is 0.294. The number of hydrogen-bond acceptors (Lipinski definition) is 4. The number of halogens is 2. The Balaban J connectivity index is 0.00000363. The Kier molecular flexibility index (Phi) is 10.7. The first-order chi connectivity index (χ1) is 14.9. The molecule has 8 heteroatoms. The van der Waals surface area contributed by atoms with Crippen molar-refractivity contribution in [3.05, 3.63) is 64.5 Å². The topological polar surface area (TPSA) is 58.1 Å². The first kappa shape index (κ1) is 26.3. The maximum Gasteiger partial charge on any atom is 0.191 e. The Morgan fingerprint density at radius 1 is 1.16 bits per heavy atom. The minimum atomic E-state index is -0.181. The molecule has 6 nitrogen and oxygen atoms in total. The number of nitrogens with one attached hydrogen (secondary N) is 2. The van der Waals surface area contributed by atoms with Gasteiger partial charge < -0.3 is 25.0 Å². The summed E-state index contributed by atoms with van der Waals surface area (Å²) >= 11 is 0. The van der Waals surface area contributed by atoms with Gasteiger partial charge in [0.15, 0.2) is 5.96 Å². The van der Waals surface area contributed by atoms with E-state index in [4.69, 9.17) is 9.47 Å². The first-order valence-corrected chi connectivity index (χ1v) is 10.6. The number of aryl methyl sites for hydroxylation is 1. The van der Waals surface area contributed by atoms with Crippen molar-refractivity contribution in [2.75, 3.05) is 34.4 Å². The summed E-state index contributed by atoms with van der Waals surface area (Å²) in [6.07, 6.45) is 1.02. The second-order valence-corrected chi connectivity index (χ2v) is 8.16. The van der Waals surface area contributed by atoms with Gasteiger partial charge in [0.25, 0.3) is 0 Å². The summed E-state index contributed by atoms with van der Waals surface area (Å²) in [5.74, 6) is 1.37. The molecule has 1 fully saturated rings. The fourth-order valence-electron chi connectivity index (χ4n) is 3.49. The van der Waals surface area contributed by atoms with Crippen molar-refractivity contribution >= 4 is 29.9 Å². The molecule has 0 spiro atoms. The SMILES string of the molecule is CN=C(NCc1ccc(F)c(CN(C)C)c1)NCc1ccc(C)cc1OC1CCOC1.I. The number of guanidine groups is 1. The standard InChI is InChI=1S/C24H33FN4O2.HI/c1-17-5-7-19(23(11-17)31-21-9-10-30-16-21)14-28-24(26-2)27-13-18-6-8-22(25)20(12-18)15-29(3)4;/h5-8,11-12,21H,9-10,13-16H2,1-4H3,(H2,26,27,28);1H. The zero-order valence-corrected chi connectivity index (χ0v) is 21.6. The average Bonchev–Trinajstić information content (AvgIpc) is 3.24. The van der Waals surface area contributed by atoms with E-state index in [1.165, 1.54) is 6.07 Å². The van der Waals surface area contributed by atoms with Crippen molar-refractivity contribution in [2.24, 2.45) is 4.99 Å². The fourth-order valence-corrected chi connectivity index (χ4v) is 3.49. The number of hydrogen-bond donors (Lipinski definition) is 2. The number of ether oxygens (including phenoxy) is 2. The van der Waals surface area contributed by atoms with Crippen LogP contribution < -0.4 is 15.4 Å². The van der Waals surface area contributed by atoms with Crippen molar-refractivity contribution in [3.63, 3.8) is 0 Å². The Labute approximate surface area is 207 Å². The lowest BCUT2D eigenvalue weighted by molar-refractivity contribution is 0.140. The van der Waals surface area contributed by atoms with Crippen LogP contribution in [-0.2, 0) is 24.4 Å². The molecule has 2 aromatic rings. The largest absolute Gasteiger partial charge is 0.488 e. The van der Waals surface area contributed by atoms with Crippen LogP contribution >= 0.6 is 24.0 Å². The molecule has 0 aliphatic carbocycles. The average molecular weight is 556 g/mol. The van der Waals surface area contributed by atoms with Crippen LogP contribution in [0.1, 0.15) is 28.7 Å². The van der Waals surface area contributed by atoms with E-state index < -0.39 is 0 Å². The molecule has 32 heavy (non-hydrogen) atoms. The summed E-state index contributed by atoms with van der Waals surface area (Å²) in [5, 5.41) is 6.65.